The quantitative estimate of drug-likeness (QED) is 0.528. The lowest BCUT2D eigenvalue weighted by atomic mass is 9.98. The predicted molar refractivity (Wildman–Crippen MR) is 66.4 cm³/mol. The van der Waals surface area contributed by atoms with Gasteiger partial charge in [-0.1, -0.05) is 19.9 Å². The average molecular weight is 238 g/mol. The van der Waals surface area contributed by atoms with Gasteiger partial charge in [0.25, 0.3) is 0 Å². The van der Waals surface area contributed by atoms with Crippen molar-refractivity contribution >= 4 is 11.8 Å². The predicted octanol–water partition coefficient (Wildman–Crippen LogP) is 2.75. The monoisotopic (exact) mass is 238 g/mol. The molecule has 0 saturated heterocycles. The number of carbonyl (C=O) groups is 2. The number of esters is 1. The molecule has 0 radical (unpaired) electrons. The second-order valence-electron chi connectivity index (χ2n) is 5.18. The molecule has 1 fully saturated rings. The number of ether oxygens (including phenoxy) is 1. The van der Waals surface area contributed by atoms with Crippen LogP contribution in [-0.4, -0.2) is 18.4 Å². The zero-order valence-corrected chi connectivity index (χ0v) is 10.8. The zero-order chi connectivity index (χ0) is 12.8. The van der Waals surface area contributed by atoms with Crippen LogP contribution >= 0.6 is 0 Å². The van der Waals surface area contributed by atoms with Crippen LogP contribution in [0.5, 0.6) is 0 Å². The number of Topliss-reactive ketones (excluding diaryl/α,β-unsaturated/α-hetero) is 1. The molecule has 3 nitrogen and oxygen atoms in total. The lowest BCUT2D eigenvalue weighted by Gasteiger charge is -2.10. The summed E-state index contributed by atoms with van der Waals surface area (Å²) in [7, 11) is 0. The van der Waals surface area contributed by atoms with Gasteiger partial charge in [-0.25, -0.2) is 0 Å². The highest BCUT2D eigenvalue weighted by Crippen LogP contribution is 2.32. The molecule has 0 N–H and O–H groups in total. The van der Waals surface area contributed by atoms with Crippen LogP contribution in [0.4, 0.5) is 0 Å². The van der Waals surface area contributed by atoms with E-state index in [9.17, 15) is 9.59 Å². The molecule has 0 spiro atoms. The van der Waals surface area contributed by atoms with Crippen molar-refractivity contribution in [3.63, 3.8) is 0 Å². The maximum absolute atomic E-state index is 11.9. The molecule has 0 heterocycles. The summed E-state index contributed by atoms with van der Waals surface area (Å²) in [6.45, 7) is 8.08. The molecule has 17 heavy (non-hydrogen) atoms. The number of hydrogen-bond acceptors (Lipinski definition) is 3. The van der Waals surface area contributed by atoms with E-state index in [2.05, 4.69) is 6.58 Å². The average Bonchev–Trinajstić information content (AvgIpc) is 2.59. The summed E-state index contributed by atoms with van der Waals surface area (Å²) >= 11 is 0. The van der Waals surface area contributed by atoms with E-state index < -0.39 is 0 Å². The molecule has 2 unspecified atom stereocenters. The maximum atomic E-state index is 11.9. The summed E-state index contributed by atoms with van der Waals surface area (Å²) in [5.41, 5.74) is 0. The molecule has 1 aliphatic carbocycles. The summed E-state index contributed by atoms with van der Waals surface area (Å²) in [5, 5.41) is 0. The molecule has 1 saturated carbocycles. The molecule has 0 aliphatic heterocycles. The van der Waals surface area contributed by atoms with Crippen LogP contribution in [0.2, 0.25) is 0 Å². The minimum Gasteiger partial charge on any atom is -0.465 e. The molecule has 0 aromatic heterocycles. The molecular weight excluding hydrogens is 216 g/mol. The maximum Gasteiger partial charge on any atom is 0.306 e. The zero-order valence-electron chi connectivity index (χ0n) is 10.8. The first-order chi connectivity index (χ1) is 8.04. The Morgan fingerprint density at radius 2 is 2.12 bits per heavy atom. The minimum atomic E-state index is -0.240. The van der Waals surface area contributed by atoms with E-state index in [1.165, 1.54) is 0 Å². The van der Waals surface area contributed by atoms with E-state index in [4.69, 9.17) is 4.74 Å². The van der Waals surface area contributed by atoms with Crippen LogP contribution in [0.25, 0.3) is 0 Å². The van der Waals surface area contributed by atoms with Crippen molar-refractivity contribution < 1.29 is 14.3 Å². The van der Waals surface area contributed by atoms with Gasteiger partial charge in [0.15, 0.2) is 0 Å². The van der Waals surface area contributed by atoms with Gasteiger partial charge in [0.2, 0.25) is 0 Å². The highest BCUT2D eigenvalue weighted by Gasteiger charge is 2.34. The Kier molecular flexibility index (Phi) is 5.39. The number of allylic oxidation sites excluding steroid dienone is 1. The minimum absolute atomic E-state index is 0.0791. The number of rotatable bonds is 6. The van der Waals surface area contributed by atoms with Crippen LogP contribution in [0.3, 0.4) is 0 Å². The fourth-order valence-electron chi connectivity index (χ4n) is 2.18. The number of ketones is 1. The first-order valence-electron chi connectivity index (χ1n) is 6.34. The lowest BCUT2D eigenvalue weighted by Crippen LogP contribution is -2.19. The van der Waals surface area contributed by atoms with Crippen LogP contribution < -0.4 is 0 Å². The van der Waals surface area contributed by atoms with Gasteiger partial charge in [0.05, 0.1) is 13.0 Å². The van der Waals surface area contributed by atoms with E-state index in [-0.39, 0.29) is 30.0 Å². The highest BCUT2D eigenvalue weighted by molar-refractivity contribution is 5.88. The molecule has 1 rings (SSSR count). The van der Waals surface area contributed by atoms with E-state index in [0.29, 0.717) is 12.5 Å². The van der Waals surface area contributed by atoms with E-state index in [0.717, 1.165) is 19.3 Å². The third-order valence-corrected chi connectivity index (χ3v) is 3.11. The first-order valence-corrected chi connectivity index (χ1v) is 6.34. The lowest BCUT2D eigenvalue weighted by molar-refractivity contribution is -0.147. The second kappa shape index (κ2) is 6.58. The Morgan fingerprint density at radius 1 is 1.47 bits per heavy atom. The Morgan fingerprint density at radius 3 is 2.71 bits per heavy atom. The van der Waals surface area contributed by atoms with Crippen molar-refractivity contribution in [1.82, 2.24) is 0 Å². The topological polar surface area (TPSA) is 43.4 Å². The van der Waals surface area contributed by atoms with Crippen molar-refractivity contribution in [2.45, 2.75) is 39.5 Å². The van der Waals surface area contributed by atoms with E-state index in [1.54, 1.807) is 6.08 Å². The number of carbonyl (C=O) groups excluding carboxylic acids is 2. The van der Waals surface area contributed by atoms with Crippen molar-refractivity contribution in [1.29, 1.82) is 0 Å². The van der Waals surface area contributed by atoms with Gasteiger partial charge in [-0.05, 0) is 25.2 Å². The van der Waals surface area contributed by atoms with Gasteiger partial charge in [0, 0.05) is 11.8 Å². The van der Waals surface area contributed by atoms with Gasteiger partial charge in [-0.15, -0.1) is 6.58 Å². The SMILES string of the molecule is C=CCC1CCC(CC(=O)OCC(C)C)C1=O. The van der Waals surface area contributed by atoms with Crippen LogP contribution in [0.1, 0.15) is 39.5 Å². The molecular formula is C14H22O3. The Labute approximate surface area is 103 Å². The largest absolute Gasteiger partial charge is 0.465 e. The molecule has 0 amide bonds. The summed E-state index contributed by atoms with van der Waals surface area (Å²) in [6, 6.07) is 0. The van der Waals surface area contributed by atoms with Gasteiger partial charge >= 0.3 is 5.97 Å². The summed E-state index contributed by atoms with van der Waals surface area (Å²) in [4.78, 5) is 23.4. The smallest absolute Gasteiger partial charge is 0.306 e. The Balaban J connectivity index is 2.35. The van der Waals surface area contributed by atoms with E-state index in [1.807, 2.05) is 13.8 Å². The number of hydrogen-bond donors (Lipinski definition) is 0. The van der Waals surface area contributed by atoms with Crippen molar-refractivity contribution in [2.24, 2.45) is 17.8 Å². The standard InChI is InChI=1S/C14H22O3/c1-4-5-11-6-7-12(14(11)16)8-13(15)17-9-10(2)3/h4,10-12H,1,5-9H2,2-3H3. The summed E-state index contributed by atoms with van der Waals surface area (Å²) in [5.74, 6) is 0.268. The third-order valence-electron chi connectivity index (χ3n) is 3.11. The molecule has 1 aliphatic rings. The molecule has 0 aromatic rings. The van der Waals surface area contributed by atoms with Crippen LogP contribution in [0.15, 0.2) is 12.7 Å². The third kappa shape index (κ3) is 4.33. The molecule has 0 aromatic carbocycles. The normalized spacial score (nSPS) is 24.1. The van der Waals surface area contributed by atoms with E-state index >= 15 is 0 Å². The van der Waals surface area contributed by atoms with Gasteiger partial charge in [-0.3, -0.25) is 9.59 Å². The van der Waals surface area contributed by atoms with Crippen LogP contribution in [0, 0.1) is 17.8 Å². The molecule has 96 valence electrons. The first kappa shape index (κ1) is 13.9. The summed E-state index contributed by atoms with van der Waals surface area (Å²) in [6.07, 6.45) is 4.46. The molecule has 0 bridgehead atoms. The fourth-order valence-corrected chi connectivity index (χ4v) is 2.18. The fraction of sp³-hybridized carbons (Fsp3) is 0.714. The second-order valence-corrected chi connectivity index (χ2v) is 5.18. The Bertz CT molecular complexity index is 294. The van der Waals surface area contributed by atoms with Gasteiger partial charge in [0.1, 0.15) is 5.78 Å². The van der Waals surface area contributed by atoms with Crippen molar-refractivity contribution in [3.8, 4) is 0 Å². The van der Waals surface area contributed by atoms with Crippen molar-refractivity contribution in [3.05, 3.63) is 12.7 Å². The van der Waals surface area contributed by atoms with Crippen LogP contribution in [-0.2, 0) is 14.3 Å². The summed E-state index contributed by atoms with van der Waals surface area (Å²) < 4.78 is 5.10. The molecule has 3 heteroatoms. The van der Waals surface area contributed by atoms with Gasteiger partial charge < -0.3 is 4.74 Å². The van der Waals surface area contributed by atoms with Gasteiger partial charge in [-0.2, -0.15) is 0 Å². The Hall–Kier alpha value is -1.12. The highest BCUT2D eigenvalue weighted by atomic mass is 16.5. The molecule has 2 atom stereocenters. The van der Waals surface area contributed by atoms with Crippen molar-refractivity contribution in [2.75, 3.05) is 6.61 Å².